The van der Waals surface area contributed by atoms with Crippen molar-refractivity contribution in [3.8, 4) is 0 Å². The van der Waals surface area contributed by atoms with Crippen molar-refractivity contribution in [2.24, 2.45) is 5.92 Å². The molecule has 4 rings (SSSR count). The molecule has 1 N–H and O–H groups in total. The van der Waals surface area contributed by atoms with Crippen LogP contribution in [-0.4, -0.2) is 47.7 Å². The number of nitrogens with zero attached hydrogens (tertiary/aromatic N) is 2. The van der Waals surface area contributed by atoms with Gasteiger partial charge in [0.05, 0.1) is 21.8 Å². The highest BCUT2D eigenvalue weighted by atomic mass is 35.5. The van der Waals surface area contributed by atoms with Gasteiger partial charge >= 0.3 is 0 Å². The van der Waals surface area contributed by atoms with Crippen molar-refractivity contribution in [2.75, 3.05) is 25.5 Å². The Kier molecular flexibility index (Phi) is 7.83. The van der Waals surface area contributed by atoms with Gasteiger partial charge in [0.25, 0.3) is 11.8 Å². The first kappa shape index (κ1) is 24.5. The van der Waals surface area contributed by atoms with Gasteiger partial charge in [-0.1, -0.05) is 66.2 Å². The van der Waals surface area contributed by atoms with Crippen LogP contribution in [0.2, 0.25) is 5.02 Å². The van der Waals surface area contributed by atoms with Crippen molar-refractivity contribution in [3.63, 3.8) is 0 Å². The predicted molar refractivity (Wildman–Crippen MR) is 137 cm³/mol. The summed E-state index contributed by atoms with van der Waals surface area (Å²) in [7, 11) is 1.75. The molecule has 1 saturated heterocycles. The normalized spacial score (nSPS) is 13.8. The topological polar surface area (TPSA) is 69.7 Å². The van der Waals surface area contributed by atoms with E-state index in [9.17, 15) is 14.4 Å². The number of carbonyl (C=O) groups excluding carboxylic acids is 3. The van der Waals surface area contributed by atoms with Crippen LogP contribution in [0, 0.1) is 5.92 Å². The number of para-hydroxylation sites is 1. The summed E-state index contributed by atoms with van der Waals surface area (Å²) in [5.41, 5.74) is 2.45. The second-order valence-corrected chi connectivity index (χ2v) is 9.14. The predicted octanol–water partition coefficient (Wildman–Crippen LogP) is 5.10. The SMILES string of the molecule is CN(Cc1ccccc1)C(=O)c1ccccc1NC(=O)C1CCN(C(=O)c2ccccc2Cl)CC1. The third-order valence-electron chi connectivity index (χ3n) is 6.28. The number of benzene rings is 3. The number of anilines is 1. The third-order valence-corrected chi connectivity index (χ3v) is 6.61. The molecule has 1 heterocycles. The van der Waals surface area contributed by atoms with Gasteiger partial charge in [-0.25, -0.2) is 0 Å². The molecule has 0 radical (unpaired) electrons. The minimum absolute atomic E-state index is 0.119. The van der Waals surface area contributed by atoms with Crippen molar-refractivity contribution in [2.45, 2.75) is 19.4 Å². The maximum atomic E-state index is 13.1. The second-order valence-electron chi connectivity index (χ2n) is 8.73. The van der Waals surface area contributed by atoms with E-state index in [0.717, 1.165) is 5.56 Å². The molecule has 35 heavy (non-hydrogen) atoms. The summed E-state index contributed by atoms with van der Waals surface area (Å²) in [6.45, 7) is 1.42. The number of hydrogen-bond acceptors (Lipinski definition) is 3. The van der Waals surface area contributed by atoms with Gasteiger partial charge in [-0.2, -0.15) is 0 Å². The molecule has 0 unspecified atom stereocenters. The van der Waals surface area contributed by atoms with Gasteiger partial charge in [-0.3, -0.25) is 14.4 Å². The first-order valence-corrected chi connectivity index (χ1v) is 12.0. The molecular formula is C28H28ClN3O3. The van der Waals surface area contributed by atoms with E-state index in [1.165, 1.54) is 0 Å². The van der Waals surface area contributed by atoms with Crippen molar-refractivity contribution in [1.82, 2.24) is 9.80 Å². The van der Waals surface area contributed by atoms with E-state index in [2.05, 4.69) is 5.32 Å². The Labute approximate surface area is 210 Å². The molecule has 180 valence electrons. The van der Waals surface area contributed by atoms with Crippen molar-refractivity contribution in [3.05, 3.63) is 101 Å². The van der Waals surface area contributed by atoms with Gasteiger partial charge in [0.15, 0.2) is 0 Å². The van der Waals surface area contributed by atoms with E-state index in [4.69, 9.17) is 11.6 Å². The highest BCUT2D eigenvalue weighted by Gasteiger charge is 2.29. The molecule has 0 aromatic heterocycles. The smallest absolute Gasteiger partial charge is 0.256 e. The van der Waals surface area contributed by atoms with E-state index in [-0.39, 0.29) is 23.6 Å². The molecule has 3 amide bonds. The van der Waals surface area contributed by atoms with Crippen LogP contribution in [0.5, 0.6) is 0 Å². The van der Waals surface area contributed by atoms with Crippen LogP contribution in [-0.2, 0) is 11.3 Å². The van der Waals surface area contributed by atoms with Gasteiger partial charge < -0.3 is 15.1 Å². The molecule has 0 aliphatic carbocycles. The molecule has 0 atom stereocenters. The molecule has 3 aromatic rings. The van der Waals surface area contributed by atoms with E-state index < -0.39 is 0 Å². The molecular weight excluding hydrogens is 462 g/mol. The Bertz CT molecular complexity index is 1210. The summed E-state index contributed by atoms with van der Waals surface area (Å²) < 4.78 is 0. The fourth-order valence-electron chi connectivity index (χ4n) is 4.30. The van der Waals surface area contributed by atoms with E-state index in [1.54, 1.807) is 65.4 Å². The van der Waals surface area contributed by atoms with E-state index >= 15 is 0 Å². The van der Waals surface area contributed by atoms with Gasteiger partial charge in [0.2, 0.25) is 5.91 Å². The van der Waals surface area contributed by atoms with Crippen LogP contribution < -0.4 is 5.32 Å². The minimum Gasteiger partial charge on any atom is -0.339 e. The molecule has 0 saturated carbocycles. The number of carbonyl (C=O) groups is 3. The number of rotatable bonds is 6. The molecule has 6 nitrogen and oxygen atoms in total. The zero-order valence-corrected chi connectivity index (χ0v) is 20.4. The minimum atomic E-state index is -0.240. The maximum absolute atomic E-state index is 13.1. The van der Waals surface area contributed by atoms with Gasteiger partial charge in [0.1, 0.15) is 0 Å². The maximum Gasteiger partial charge on any atom is 0.256 e. The lowest BCUT2D eigenvalue weighted by Crippen LogP contribution is -2.41. The van der Waals surface area contributed by atoms with Crippen molar-refractivity contribution < 1.29 is 14.4 Å². The zero-order chi connectivity index (χ0) is 24.8. The summed E-state index contributed by atoms with van der Waals surface area (Å²) >= 11 is 6.17. The lowest BCUT2D eigenvalue weighted by atomic mass is 9.95. The van der Waals surface area contributed by atoms with Crippen molar-refractivity contribution >= 4 is 35.0 Å². The first-order chi connectivity index (χ1) is 16.9. The Morgan fingerprint density at radius 1 is 0.886 bits per heavy atom. The average molecular weight is 490 g/mol. The fraction of sp³-hybridized carbons (Fsp3) is 0.250. The fourth-order valence-corrected chi connectivity index (χ4v) is 4.51. The number of amides is 3. The Hall–Kier alpha value is -3.64. The third kappa shape index (κ3) is 5.89. The van der Waals surface area contributed by atoms with Crippen LogP contribution in [0.1, 0.15) is 39.1 Å². The summed E-state index contributed by atoms with van der Waals surface area (Å²) in [5.74, 6) is -0.659. The molecule has 0 spiro atoms. The van der Waals surface area contributed by atoms with Gasteiger partial charge in [0, 0.05) is 32.6 Å². The molecule has 3 aromatic carbocycles. The van der Waals surface area contributed by atoms with Crippen LogP contribution in [0.15, 0.2) is 78.9 Å². The van der Waals surface area contributed by atoms with Gasteiger partial charge in [-0.15, -0.1) is 0 Å². The number of nitrogens with one attached hydrogen (secondary N) is 1. The molecule has 7 heteroatoms. The van der Waals surface area contributed by atoms with Crippen LogP contribution in [0.3, 0.4) is 0 Å². The monoisotopic (exact) mass is 489 g/mol. The standard InChI is InChI=1S/C28H28ClN3O3/c1-31(19-20-9-3-2-4-10-20)27(34)23-12-6-8-14-25(23)30-26(33)21-15-17-32(18-16-21)28(35)22-11-5-7-13-24(22)29/h2-14,21H,15-19H2,1H3,(H,30,33). The van der Waals surface area contributed by atoms with Crippen LogP contribution in [0.25, 0.3) is 0 Å². The van der Waals surface area contributed by atoms with E-state index in [0.29, 0.717) is 54.3 Å². The average Bonchev–Trinajstić information content (AvgIpc) is 2.89. The zero-order valence-electron chi connectivity index (χ0n) is 19.6. The quantitative estimate of drug-likeness (QED) is 0.523. The summed E-state index contributed by atoms with van der Waals surface area (Å²) in [4.78, 5) is 42.3. The first-order valence-electron chi connectivity index (χ1n) is 11.7. The second kappa shape index (κ2) is 11.2. The van der Waals surface area contributed by atoms with Crippen LogP contribution in [0.4, 0.5) is 5.69 Å². The summed E-state index contributed by atoms with van der Waals surface area (Å²) in [6, 6.07) is 23.8. The lowest BCUT2D eigenvalue weighted by Gasteiger charge is -2.31. The molecule has 1 fully saturated rings. The van der Waals surface area contributed by atoms with Gasteiger partial charge in [-0.05, 0) is 42.7 Å². The summed E-state index contributed by atoms with van der Waals surface area (Å²) in [6.07, 6.45) is 1.10. The summed E-state index contributed by atoms with van der Waals surface area (Å²) in [5, 5.41) is 3.38. The molecule has 1 aliphatic rings. The Balaban J connectivity index is 1.37. The molecule has 0 bridgehead atoms. The highest BCUT2D eigenvalue weighted by molar-refractivity contribution is 6.33. The Morgan fingerprint density at radius 3 is 2.17 bits per heavy atom. The van der Waals surface area contributed by atoms with E-state index in [1.807, 2.05) is 30.3 Å². The highest BCUT2D eigenvalue weighted by Crippen LogP contribution is 2.25. The molecule has 1 aliphatic heterocycles. The number of halogens is 1. The Morgan fingerprint density at radius 2 is 1.49 bits per heavy atom. The number of hydrogen-bond donors (Lipinski definition) is 1. The largest absolute Gasteiger partial charge is 0.339 e. The van der Waals surface area contributed by atoms with Crippen LogP contribution >= 0.6 is 11.6 Å². The lowest BCUT2D eigenvalue weighted by molar-refractivity contribution is -0.121. The number of likely N-dealkylation sites (tertiary alicyclic amines) is 1. The van der Waals surface area contributed by atoms with Crippen molar-refractivity contribution in [1.29, 1.82) is 0 Å². The number of piperidine rings is 1.